The summed E-state index contributed by atoms with van der Waals surface area (Å²) >= 11 is 0. The van der Waals surface area contributed by atoms with Crippen LogP contribution in [0.1, 0.15) is 23.2 Å². The highest BCUT2D eigenvalue weighted by Crippen LogP contribution is 2.36. The largest absolute Gasteiger partial charge is 0.454 e. The van der Waals surface area contributed by atoms with Crippen molar-refractivity contribution in [1.82, 2.24) is 14.7 Å². The molecular formula is C18H21N3O5. The second-order valence-corrected chi connectivity index (χ2v) is 6.62. The van der Waals surface area contributed by atoms with Crippen LogP contribution in [0.5, 0.6) is 11.5 Å². The molecule has 2 fully saturated rings. The number of piperazine rings is 1. The summed E-state index contributed by atoms with van der Waals surface area (Å²) in [6, 6.07) is 5.24. The molecule has 3 aliphatic heterocycles. The first-order chi connectivity index (χ1) is 12.6. The summed E-state index contributed by atoms with van der Waals surface area (Å²) in [5.74, 6) is 0.0106. The number of rotatable bonds is 1. The van der Waals surface area contributed by atoms with Gasteiger partial charge in [0.1, 0.15) is 0 Å². The van der Waals surface area contributed by atoms with Gasteiger partial charge in [0.2, 0.25) is 6.79 Å². The number of amides is 3. The van der Waals surface area contributed by atoms with Crippen LogP contribution in [0.15, 0.2) is 18.2 Å². The summed E-state index contributed by atoms with van der Waals surface area (Å²) in [7, 11) is 0. The molecular weight excluding hydrogens is 338 g/mol. The molecule has 0 radical (unpaired) electrons. The maximum absolute atomic E-state index is 12.8. The molecule has 8 nitrogen and oxygen atoms in total. The fourth-order valence-electron chi connectivity index (χ4n) is 3.57. The third-order valence-corrected chi connectivity index (χ3v) is 5.06. The average molecular weight is 359 g/mol. The number of likely N-dealkylation sites (tertiary alicyclic amines) is 1. The van der Waals surface area contributed by atoms with Gasteiger partial charge in [0.15, 0.2) is 11.5 Å². The van der Waals surface area contributed by atoms with E-state index in [9.17, 15) is 14.4 Å². The number of benzene rings is 1. The molecule has 26 heavy (non-hydrogen) atoms. The lowest BCUT2D eigenvalue weighted by Crippen LogP contribution is -2.54. The predicted octanol–water partition coefficient (Wildman–Crippen LogP) is 0.322. The van der Waals surface area contributed by atoms with Gasteiger partial charge in [-0.05, 0) is 25.0 Å². The zero-order valence-corrected chi connectivity index (χ0v) is 14.5. The summed E-state index contributed by atoms with van der Waals surface area (Å²) in [4.78, 5) is 42.2. The lowest BCUT2D eigenvalue weighted by molar-refractivity contribution is -0.152. The lowest BCUT2D eigenvalue weighted by atomic mass is 10.1. The zero-order chi connectivity index (χ0) is 18.1. The number of hydrogen-bond donors (Lipinski definition) is 0. The van der Waals surface area contributed by atoms with E-state index in [1.54, 1.807) is 32.9 Å². The van der Waals surface area contributed by atoms with Gasteiger partial charge >= 0.3 is 11.8 Å². The Hall–Kier alpha value is -2.77. The molecule has 138 valence electrons. The smallest absolute Gasteiger partial charge is 0.312 e. The van der Waals surface area contributed by atoms with Crippen molar-refractivity contribution in [3.05, 3.63) is 23.8 Å². The minimum Gasteiger partial charge on any atom is -0.454 e. The maximum atomic E-state index is 12.8. The van der Waals surface area contributed by atoms with E-state index in [0.29, 0.717) is 56.3 Å². The topological polar surface area (TPSA) is 79.4 Å². The number of nitrogens with zero attached hydrogens (tertiary/aromatic N) is 3. The van der Waals surface area contributed by atoms with Gasteiger partial charge < -0.3 is 24.2 Å². The number of carbonyl (C=O) groups excluding carboxylic acids is 3. The molecule has 0 bridgehead atoms. The van der Waals surface area contributed by atoms with E-state index in [-0.39, 0.29) is 12.7 Å². The van der Waals surface area contributed by atoms with Crippen molar-refractivity contribution in [3.63, 3.8) is 0 Å². The third kappa shape index (κ3) is 2.95. The standard InChI is InChI=1S/C18H21N3O5/c22-16(13-4-3-5-14-15(13)26-12-25-14)20-8-10-21(11-9-20)18(24)17(23)19-6-1-2-7-19/h3-5H,1-2,6-12H2. The minimum atomic E-state index is -0.462. The normalized spacial score (nSPS) is 19.0. The Kier molecular flexibility index (Phi) is 4.40. The van der Waals surface area contributed by atoms with Gasteiger partial charge in [-0.3, -0.25) is 14.4 Å². The van der Waals surface area contributed by atoms with Crippen molar-refractivity contribution in [3.8, 4) is 11.5 Å². The molecule has 0 unspecified atom stereocenters. The summed E-state index contributed by atoms with van der Waals surface area (Å²) in [6.45, 7) is 2.92. The van der Waals surface area contributed by atoms with Crippen LogP contribution in [-0.2, 0) is 9.59 Å². The summed E-state index contributed by atoms with van der Waals surface area (Å²) < 4.78 is 10.7. The molecule has 2 saturated heterocycles. The van der Waals surface area contributed by atoms with Crippen molar-refractivity contribution in [2.24, 2.45) is 0 Å². The van der Waals surface area contributed by atoms with E-state index in [2.05, 4.69) is 0 Å². The summed E-state index contributed by atoms with van der Waals surface area (Å²) in [6.07, 6.45) is 1.91. The Morgan fingerprint density at radius 1 is 0.769 bits per heavy atom. The molecule has 0 aliphatic carbocycles. The number of para-hydroxylation sites is 1. The van der Waals surface area contributed by atoms with Crippen molar-refractivity contribution in [1.29, 1.82) is 0 Å². The highest BCUT2D eigenvalue weighted by atomic mass is 16.7. The lowest BCUT2D eigenvalue weighted by Gasteiger charge is -2.35. The first-order valence-electron chi connectivity index (χ1n) is 8.91. The molecule has 3 heterocycles. The first-order valence-corrected chi connectivity index (χ1v) is 8.91. The van der Waals surface area contributed by atoms with Crippen LogP contribution in [0.2, 0.25) is 0 Å². The SMILES string of the molecule is O=C(C(=O)N1CCN(C(=O)c2cccc3c2OCO3)CC1)N1CCCC1. The van der Waals surface area contributed by atoms with Gasteiger partial charge in [0.05, 0.1) is 5.56 Å². The molecule has 4 rings (SSSR count). The zero-order valence-electron chi connectivity index (χ0n) is 14.5. The molecule has 0 N–H and O–H groups in total. The molecule has 3 amide bonds. The fraction of sp³-hybridized carbons (Fsp3) is 0.500. The van der Waals surface area contributed by atoms with Crippen LogP contribution < -0.4 is 9.47 Å². The Morgan fingerprint density at radius 3 is 2.08 bits per heavy atom. The third-order valence-electron chi connectivity index (χ3n) is 5.06. The highest BCUT2D eigenvalue weighted by Gasteiger charge is 2.33. The van der Waals surface area contributed by atoms with E-state index in [0.717, 1.165) is 12.8 Å². The molecule has 0 saturated carbocycles. The van der Waals surface area contributed by atoms with E-state index in [4.69, 9.17) is 9.47 Å². The second kappa shape index (κ2) is 6.86. The molecule has 1 aromatic carbocycles. The average Bonchev–Trinajstić information content (AvgIpc) is 3.37. The molecule has 8 heteroatoms. The van der Waals surface area contributed by atoms with E-state index < -0.39 is 11.8 Å². The van der Waals surface area contributed by atoms with Crippen LogP contribution in [0.3, 0.4) is 0 Å². The van der Waals surface area contributed by atoms with E-state index in [1.165, 1.54) is 0 Å². The Morgan fingerprint density at radius 2 is 1.38 bits per heavy atom. The Bertz CT molecular complexity index is 736. The van der Waals surface area contributed by atoms with Gasteiger partial charge in [-0.15, -0.1) is 0 Å². The van der Waals surface area contributed by atoms with Crippen LogP contribution in [0.4, 0.5) is 0 Å². The van der Waals surface area contributed by atoms with Gasteiger partial charge in [0.25, 0.3) is 5.91 Å². The van der Waals surface area contributed by atoms with E-state index in [1.807, 2.05) is 0 Å². The van der Waals surface area contributed by atoms with Gasteiger partial charge in [-0.1, -0.05) is 6.07 Å². The molecule has 3 aliphatic rings. The first kappa shape index (κ1) is 16.7. The number of hydrogen-bond acceptors (Lipinski definition) is 5. The van der Waals surface area contributed by atoms with Crippen LogP contribution in [-0.4, -0.2) is 78.5 Å². The summed E-state index contributed by atoms with van der Waals surface area (Å²) in [5.41, 5.74) is 0.466. The van der Waals surface area contributed by atoms with Crippen molar-refractivity contribution >= 4 is 17.7 Å². The van der Waals surface area contributed by atoms with Crippen molar-refractivity contribution in [2.45, 2.75) is 12.8 Å². The minimum absolute atomic E-state index is 0.112. The Balaban J connectivity index is 1.38. The van der Waals surface area contributed by atoms with Crippen molar-refractivity contribution in [2.75, 3.05) is 46.1 Å². The molecule has 1 aromatic rings. The number of carbonyl (C=O) groups is 3. The number of ether oxygens (including phenoxy) is 2. The molecule has 0 spiro atoms. The van der Waals surface area contributed by atoms with Gasteiger partial charge in [0, 0.05) is 39.3 Å². The van der Waals surface area contributed by atoms with Gasteiger partial charge in [-0.25, -0.2) is 0 Å². The van der Waals surface area contributed by atoms with Crippen LogP contribution in [0.25, 0.3) is 0 Å². The van der Waals surface area contributed by atoms with Crippen LogP contribution in [0, 0.1) is 0 Å². The quantitative estimate of drug-likeness (QED) is 0.675. The highest BCUT2D eigenvalue weighted by molar-refractivity contribution is 6.35. The fourth-order valence-corrected chi connectivity index (χ4v) is 3.57. The number of fused-ring (bicyclic) bond motifs is 1. The molecule has 0 atom stereocenters. The molecule has 0 aromatic heterocycles. The predicted molar refractivity (Wildman–Crippen MR) is 90.9 cm³/mol. The monoisotopic (exact) mass is 359 g/mol. The van der Waals surface area contributed by atoms with Gasteiger partial charge in [-0.2, -0.15) is 0 Å². The van der Waals surface area contributed by atoms with Crippen molar-refractivity contribution < 1.29 is 23.9 Å². The maximum Gasteiger partial charge on any atom is 0.312 e. The second-order valence-electron chi connectivity index (χ2n) is 6.62. The summed E-state index contributed by atoms with van der Waals surface area (Å²) in [5, 5.41) is 0. The van der Waals surface area contributed by atoms with E-state index >= 15 is 0 Å². The Labute approximate surface area is 151 Å². The van der Waals surface area contributed by atoms with Crippen LogP contribution >= 0.6 is 0 Å².